The molecule has 0 aliphatic carbocycles. The van der Waals surface area contributed by atoms with Gasteiger partial charge in [0.15, 0.2) is 0 Å². The van der Waals surface area contributed by atoms with Crippen molar-refractivity contribution >= 4 is 33.3 Å². The van der Waals surface area contributed by atoms with E-state index in [2.05, 4.69) is 5.32 Å². The van der Waals surface area contributed by atoms with Crippen LogP contribution in [0.15, 0.2) is 71.6 Å². The molecular weight excluding hydrogens is 452 g/mol. The SMILES string of the molecule is CCOC(=O)c1cccc(NC(=O)CN(c2cccc(C)c2C)S(=O)(=O)c2ccccc2)c1C. The number of esters is 1. The summed E-state index contributed by atoms with van der Waals surface area (Å²) in [4.78, 5) is 25.4. The zero-order valence-corrected chi connectivity index (χ0v) is 20.5. The Morgan fingerprint density at radius 1 is 0.882 bits per heavy atom. The Hall–Kier alpha value is -3.65. The molecular formula is C26H28N2O5S. The van der Waals surface area contributed by atoms with Crippen LogP contribution in [0.1, 0.15) is 34.0 Å². The van der Waals surface area contributed by atoms with Gasteiger partial charge in [-0.15, -0.1) is 0 Å². The van der Waals surface area contributed by atoms with Gasteiger partial charge in [-0.2, -0.15) is 0 Å². The van der Waals surface area contributed by atoms with Crippen LogP contribution in [0.4, 0.5) is 11.4 Å². The normalized spacial score (nSPS) is 11.1. The van der Waals surface area contributed by atoms with Crippen molar-refractivity contribution in [2.45, 2.75) is 32.6 Å². The lowest BCUT2D eigenvalue weighted by molar-refractivity contribution is -0.114. The fourth-order valence-electron chi connectivity index (χ4n) is 3.55. The number of hydrogen-bond acceptors (Lipinski definition) is 5. The standard InChI is InChI=1S/C26H28N2O5S/c1-5-33-26(30)22-14-10-15-23(20(22)4)27-25(29)17-28(24-16-9-11-18(2)19(24)3)34(31,32)21-12-7-6-8-13-21/h6-16H,5,17H2,1-4H3,(H,27,29). The molecule has 0 saturated heterocycles. The van der Waals surface area contributed by atoms with E-state index in [1.807, 2.05) is 19.9 Å². The number of amides is 1. The number of ether oxygens (including phenoxy) is 1. The number of sulfonamides is 1. The minimum atomic E-state index is -4.02. The number of aryl methyl sites for hydroxylation is 1. The molecule has 0 aromatic heterocycles. The molecule has 0 spiro atoms. The lowest BCUT2D eigenvalue weighted by Crippen LogP contribution is -2.38. The van der Waals surface area contributed by atoms with Crippen molar-refractivity contribution in [1.82, 2.24) is 0 Å². The molecule has 1 amide bonds. The molecule has 0 unspecified atom stereocenters. The molecule has 0 bridgehead atoms. The molecule has 3 rings (SSSR count). The maximum Gasteiger partial charge on any atom is 0.338 e. The van der Waals surface area contributed by atoms with E-state index in [1.54, 1.807) is 62.4 Å². The van der Waals surface area contributed by atoms with E-state index in [-0.39, 0.29) is 11.5 Å². The molecule has 0 fully saturated rings. The van der Waals surface area contributed by atoms with Crippen molar-refractivity contribution in [2.24, 2.45) is 0 Å². The largest absolute Gasteiger partial charge is 0.462 e. The Balaban J connectivity index is 1.97. The first-order chi connectivity index (χ1) is 16.2. The van der Waals surface area contributed by atoms with E-state index in [4.69, 9.17) is 4.74 Å². The Morgan fingerprint density at radius 3 is 2.24 bits per heavy atom. The molecule has 3 aromatic rings. The van der Waals surface area contributed by atoms with Crippen LogP contribution in [0.2, 0.25) is 0 Å². The lowest BCUT2D eigenvalue weighted by atomic mass is 10.1. The Kier molecular flexibility index (Phi) is 7.73. The maximum atomic E-state index is 13.6. The van der Waals surface area contributed by atoms with Crippen molar-refractivity contribution in [3.05, 3.63) is 89.0 Å². The molecule has 0 aliphatic rings. The number of benzene rings is 3. The van der Waals surface area contributed by atoms with Gasteiger partial charge in [-0.1, -0.05) is 36.4 Å². The summed E-state index contributed by atoms with van der Waals surface area (Å²) in [5.41, 5.74) is 3.38. The van der Waals surface area contributed by atoms with Gasteiger partial charge in [0.25, 0.3) is 10.0 Å². The minimum absolute atomic E-state index is 0.0872. The average molecular weight is 481 g/mol. The van der Waals surface area contributed by atoms with Crippen molar-refractivity contribution in [2.75, 3.05) is 22.8 Å². The van der Waals surface area contributed by atoms with Gasteiger partial charge in [-0.3, -0.25) is 9.10 Å². The zero-order chi connectivity index (χ0) is 24.9. The van der Waals surface area contributed by atoms with Crippen molar-refractivity contribution in [1.29, 1.82) is 0 Å². The summed E-state index contributed by atoms with van der Waals surface area (Å²) in [5.74, 6) is -1.02. The summed E-state index contributed by atoms with van der Waals surface area (Å²) >= 11 is 0. The zero-order valence-electron chi connectivity index (χ0n) is 19.7. The number of carbonyl (C=O) groups is 2. The highest BCUT2D eigenvalue weighted by molar-refractivity contribution is 7.92. The van der Waals surface area contributed by atoms with Crippen LogP contribution in [0.3, 0.4) is 0 Å². The van der Waals surface area contributed by atoms with Gasteiger partial charge in [0.1, 0.15) is 6.54 Å². The molecule has 0 heterocycles. The first-order valence-corrected chi connectivity index (χ1v) is 12.3. The number of hydrogen-bond donors (Lipinski definition) is 1. The van der Waals surface area contributed by atoms with Crippen molar-refractivity contribution in [3.8, 4) is 0 Å². The molecule has 1 N–H and O–H groups in total. The van der Waals surface area contributed by atoms with Gasteiger partial charge >= 0.3 is 5.97 Å². The highest BCUT2D eigenvalue weighted by Crippen LogP contribution is 2.29. The molecule has 7 nitrogen and oxygen atoms in total. The summed E-state index contributed by atoms with van der Waals surface area (Å²) in [6.07, 6.45) is 0. The van der Waals surface area contributed by atoms with Gasteiger partial charge in [0.05, 0.1) is 22.8 Å². The molecule has 0 aliphatic heterocycles. The predicted molar refractivity (Wildman–Crippen MR) is 133 cm³/mol. The third kappa shape index (κ3) is 5.28. The average Bonchev–Trinajstić information content (AvgIpc) is 2.81. The first kappa shape index (κ1) is 25.0. The second kappa shape index (κ2) is 10.5. The first-order valence-electron chi connectivity index (χ1n) is 10.9. The monoisotopic (exact) mass is 480 g/mol. The van der Waals surface area contributed by atoms with E-state index >= 15 is 0 Å². The maximum absolute atomic E-state index is 13.6. The summed E-state index contributed by atoms with van der Waals surface area (Å²) in [7, 11) is -4.02. The Bertz CT molecular complexity index is 1300. The second-order valence-corrected chi connectivity index (χ2v) is 9.65. The van der Waals surface area contributed by atoms with Crippen LogP contribution in [-0.4, -0.2) is 33.4 Å². The number of carbonyl (C=O) groups excluding carboxylic acids is 2. The summed E-state index contributed by atoms with van der Waals surface area (Å²) < 4.78 is 33.3. The molecule has 178 valence electrons. The van der Waals surface area contributed by atoms with Crippen LogP contribution >= 0.6 is 0 Å². The van der Waals surface area contributed by atoms with Gasteiger partial charge in [-0.05, 0) is 74.7 Å². The van der Waals surface area contributed by atoms with Crippen LogP contribution in [-0.2, 0) is 19.6 Å². The fraction of sp³-hybridized carbons (Fsp3) is 0.231. The van der Waals surface area contributed by atoms with Crippen LogP contribution in [0, 0.1) is 20.8 Å². The minimum Gasteiger partial charge on any atom is -0.462 e. The van der Waals surface area contributed by atoms with Crippen LogP contribution in [0.25, 0.3) is 0 Å². The third-order valence-corrected chi connectivity index (χ3v) is 7.34. The van der Waals surface area contributed by atoms with Crippen LogP contribution < -0.4 is 9.62 Å². The van der Waals surface area contributed by atoms with E-state index < -0.39 is 28.4 Å². The quantitative estimate of drug-likeness (QED) is 0.475. The number of nitrogens with zero attached hydrogens (tertiary/aromatic N) is 1. The number of anilines is 2. The van der Waals surface area contributed by atoms with Gasteiger partial charge in [0, 0.05) is 5.69 Å². The van der Waals surface area contributed by atoms with Gasteiger partial charge < -0.3 is 10.1 Å². The number of rotatable bonds is 8. The Labute approximate surface area is 200 Å². The molecule has 0 radical (unpaired) electrons. The van der Waals surface area contributed by atoms with E-state index in [0.29, 0.717) is 22.5 Å². The molecule has 3 aromatic carbocycles. The van der Waals surface area contributed by atoms with Gasteiger partial charge in [-0.25, -0.2) is 13.2 Å². The summed E-state index contributed by atoms with van der Waals surface area (Å²) in [5, 5.41) is 2.75. The molecule has 34 heavy (non-hydrogen) atoms. The third-order valence-electron chi connectivity index (χ3n) is 5.57. The molecule has 8 heteroatoms. The lowest BCUT2D eigenvalue weighted by Gasteiger charge is -2.26. The Morgan fingerprint density at radius 2 is 1.56 bits per heavy atom. The number of nitrogens with one attached hydrogen (secondary N) is 1. The van der Waals surface area contributed by atoms with Crippen LogP contribution in [0.5, 0.6) is 0 Å². The second-order valence-electron chi connectivity index (χ2n) is 7.79. The van der Waals surface area contributed by atoms with Gasteiger partial charge in [0.2, 0.25) is 5.91 Å². The molecule has 0 saturated carbocycles. The van der Waals surface area contributed by atoms with Crippen molar-refractivity contribution in [3.63, 3.8) is 0 Å². The van der Waals surface area contributed by atoms with E-state index in [9.17, 15) is 18.0 Å². The van der Waals surface area contributed by atoms with E-state index in [1.165, 1.54) is 12.1 Å². The highest BCUT2D eigenvalue weighted by Gasteiger charge is 2.28. The van der Waals surface area contributed by atoms with Crippen molar-refractivity contribution < 1.29 is 22.7 Å². The van der Waals surface area contributed by atoms with E-state index in [0.717, 1.165) is 15.4 Å². The topological polar surface area (TPSA) is 92.8 Å². The molecule has 0 atom stereocenters. The fourth-order valence-corrected chi connectivity index (χ4v) is 5.05. The summed E-state index contributed by atoms with van der Waals surface area (Å²) in [6, 6.07) is 18.2. The predicted octanol–water partition coefficient (Wildman–Crippen LogP) is 4.62. The summed E-state index contributed by atoms with van der Waals surface area (Å²) in [6.45, 7) is 6.92. The smallest absolute Gasteiger partial charge is 0.338 e. The highest BCUT2D eigenvalue weighted by atomic mass is 32.2.